The maximum atomic E-state index is 6.60. The van der Waals surface area contributed by atoms with Gasteiger partial charge in [-0.1, -0.05) is 26.7 Å². The van der Waals surface area contributed by atoms with E-state index >= 15 is 0 Å². The second-order valence-electron chi connectivity index (χ2n) is 8.25. The third-order valence-corrected chi connectivity index (χ3v) is 7.48. The van der Waals surface area contributed by atoms with Crippen molar-refractivity contribution in [2.24, 2.45) is 35.5 Å². The Morgan fingerprint density at radius 3 is 2.53 bits per heavy atom. The molecule has 0 aromatic rings. The zero-order chi connectivity index (χ0) is 13.0. The van der Waals surface area contributed by atoms with Crippen molar-refractivity contribution in [2.75, 3.05) is 6.61 Å². The van der Waals surface area contributed by atoms with E-state index in [1.807, 2.05) is 0 Å². The van der Waals surface area contributed by atoms with Crippen LogP contribution in [-0.4, -0.2) is 12.2 Å². The maximum absolute atomic E-state index is 6.60. The molecule has 19 heavy (non-hydrogen) atoms. The quantitative estimate of drug-likeness (QED) is 0.617. The number of fused-ring (bicyclic) bond motifs is 4. The molecule has 4 fully saturated rings. The molecule has 1 saturated heterocycles. The van der Waals surface area contributed by atoms with Gasteiger partial charge in [-0.15, -0.1) is 0 Å². The zero-order valence-electron chi connectivity index (χ0n) is 12.7. The highest BCUT2D eigenvalue weighted by Gasteiger charge is 2.60. The van der Waals surface area contributed by atoms with Gasteiger partial charge in [0, 0.05) is 0 Å². The van der Waals surface area contributed by atoms with E-state index in [0.717, 1.165) is 42.1 Å². The van der Waals surface area contributed by atoms with E-state index in [0.29, 0.717) is 5.60 Å². The van der Waals surface area contributed by atoms with E-state index < -0.39 is 0 Å². The average molecular weight is 262 g/mol. The van der Waals surface area contributed by atoms with E-state index in [-0.39, 0.29) is 0 Å². The third kappa shape index (κ3) is 1.76. The van der Waals surface area contributed by atoms with Crippen molar-refractivity contribution in [3.8, 4) is 0 Å². The maximum Gasteiger partial charge on any atom is 0.0745 e. The van der Waals surface area contributed by atoms with Crippen LogP contribution in [0.5, 0.6) is 0 Å². The minimum absolute atomic E-state index is 0.337. The van der Waals surface area contributed by atoms with Crippen molar-refractivity contribution in [1.29, 1.82) is 0 Å². The number of hydrogen-bond donors (Lipinski definition) is 0. The minimum atomic E-state index is 0.337. The van der Waals surface area contributed by atoms with Crippen LogP contribution in [0.1, 0.15) is 65.2 Å². The molecule has 108 valence electrons. The highest BCUT2D eigenvalue weighted by Crippen LogP contribution is 2.61. The molecule has 1 nitrogen and oxygen atoms in total. The Bertz CT molecular complexity index is 352. The molecule has 1 aliphatic heterocycles. The van der Waals surface area contributed by atoms with Gasteiger partial charge in [-0.3, -0.25) is 0 Å². The molecule has 7 unspecified atom stereocenters. The van der Waals surface area contributed by atoms with Crippen LogP contribution in [0.15, 0.2) is 0 Å². The van der Waals surface area contributed by atoms with Crippen LogP contribution < -0.4 is 0 Å². The molecule has 0 bridgehead atoms. The Labute approximate surface area is 118 Å². The SMILES string of the molecule is CC1CC2CCC3(OCC4CCCCC43)C2CC1C. The number of ether oxygens (including phenoxy) is 1. The summed E-state index contributed by atoms with van der Waals surface area (Å²) in [5, 5.41) is 0. The number of rotatable bonds is 0. The standard InChI is InChI=1S/C18H30O/c1-12-9-14-7-8-18(17(14)10-13(12)2)16-6-4-3-5-15(16)11-19-18/h12-17H,3-11H2,1-2H3. The highest BCUT2D eigenvalue weighted by atomic mass is 16.5. The lowest BCUT2D eigenvalue weighted by atomic mass is 9.62. The van der Waals surface area contributed by atoms with Gasteiger partial charge in [-0.05, 0) is 74.0 Å². The molecule has 1 spiro atoms. The first-order chi connectivity index (χ1) is 9.21. The fraction of sp³-hybridized carbons (Fsp3) is 1.00. The van der Waals surface area contributed by atoms with Crippen molar-refractivity contribution >= 4 is 0 Å². The first-order valence-electron chi connectivity index (χ1n) is 8.84. The van der Waals surface area contributed by atoms with Gasteiger partial charge in [-0.25, -0.2) is 0 Å². The minimum Gasteiger partial charge on any atom is -0.374 e. The summed E-state index contributed by atoms with van der Waals surface area (Å²) >= 11 is 0. The monoisotopic (exact) mass is 262 g/mol. The van der Waals surface area contributed by atoms with Crippen molar-refractivity contribution in [3.05, 3.63) is 0 Å². The molecule has 0 N–H and O–H groups in total. The van der Waals surface area contributed by atoms with E-state index in [9.17, 15) is 0 Å². The fourth-order valence-electron chi connectivity index (χ4n) is 6.27. The Morgan fingerprint density at radius 1 is 0.842 bits per heavy atom. The van der Waals surface area contributed by atoms with Crippen LogP contribution in [0.2, 0.25) is 0 Å². The normalized spacial score (nSPS) is 57.2. The third-order valence-electron chi connectivity index (χ3n) is 7.48. The fourth-order valence-corrected chi connectivity index (χ4v) is 6.27. The van der Waals surface area contributed by atoms with E-state index in [1.54, 1.807) is 0 Å². The van der Waals surface area contributed by atoms with Gasteiger partial charge < -0.3 is 4.74 Å². The lowest BCUT2D eigenvalue weighted by Gasteiger charge is -2.45. The smallest absolute Gasteiger partial charge is 0.0745 e. The summed E-state index contributed by atoms with van der Waals surface area (Å²) < 4.78 is 6.60. The molecule has 0 aromatic carbocycles. The second kappa shape index (κ2) is 4.48. The van der Waals surface area contributed by atoms with Gasteiger partial charge in [0.1, 0.15) is 0 Å². The van der Waals surface area contributed by atoms with Gasteiger partial charge in [0.25, 0.3) is 0 Å². The van der Waals surface area contributed by atoms with Crippen LogP contribution in [0.3, 0.4) is 0 Å². The van der Waals surface area contributed by atoms with Crippen LogP contribution in [0, 0.1) is 35.5 Å². The van der Waals surface area contributed by atoms with Crippen molar-refractivity contribution in [3.63, 3.8) is 0 Å². The van der Waals surface area contributed by atoms with Gasteiger partial charge in [0.15, 0.2) is 0 Å². The van der Waals surface area contributed by atoms with E-state index in [2.05, 4.69) is 13.8 Å². The van der Waals surface area contributed by atoms with Crippen molar-refractivity contribution in [1.82, 2.24) is 0 Å². The summed E-state index contributed by atoms with van der Waals surface area (Å²) in [7, 11) is 0. The van der Waals surface area contributed by atoms with Crippen molar-refractivity contribution < 1.29 is 4.74 Å². The van der Waals surface area contributed by atoms with Gasteiger partial charge in [0.05, 0.1) is 12.2 Å². The predicted octanol–water partition coefficient (Wildman–Crippen LogP) is 4.65. The highest BCUT2D eigenvalue weighted by molar-refractivity contribution is 5.09. The molecule has 0 amide bonds. The molecule has 1 heteroatoms. The summed E-state index contributed by atoms with van der Waals surface area (Å²) in [5.41, 5.74) is 0.337. The average Bonchev–Trinajstić information content (AvgIpc) is 2.96. The molecule has 0 radical (unpaired) electrons. The summed E-state index contributed by atoms with van der Waals surface area (Å²) in [6, 6.07) is 0. The van der Waals surface area contributed by atoms with Crippen molar-refractivity contribution in [2.45, 2.75) is 70.8 Å². The predicted molar refractivity (Wildman–Crippen MR) is 77.9 cm³/mol. The molecule has 1 heterocycles. The molecule has 4 aliphatic rings. The zero-order valence-corrected chi connectivity index (χ0v) is 12.7. The molecule has 3 aliphatic carbocycles. The molecule has 3 saturated carbocycles. The van der Waals surface area contributed by atoms with E-state index in [4.69, 9.17) is 4.74 Å². The Hall–Kier alpha value is -0.0400. The first kappa shape index (κ1) is 12.7. The summed E-state index contributed by atoms with van der Waals surface area (Å²) in [5.74, 6) is 5.61. The van der Waals surface area contributed by atoms with Crippen LogP contribution in [0.4, 0.5) is 0 Å². The Balaban J connectivity index is 1.61. The topological polar surface area (TPSA) is 9.23 Å². The second-order valence-corrected chi connectivity index (χ2v) is 8.25. The summed E-state index contributed by atoms with van der Waals surface area (Å²) in [6.45, 7) is 6.06. The van der Waals surface area contributed by atoms with Crippen LogP contribution in [0.25, 0.3) is 0 Å². The molecular formula is C18H30O. The molecular weight excluding hydrogens is 232 g/mol. The van der Waals surface area contributed by atoms with Gasteiger partial charge >= 0.3 is 0 Å². The molecule has 4 rings (SSSR count). The Morgan fingerprint density at radius 2 is 1.63 bits per heavy atom. The lowest BCUT2D eigenvalue weighted by Crippen LogP contribution is -2.45. The number of hydrogen-bond acceptors (Lipinski definition) is 1. The Kier molecular flexibility index (Phi) is 2.99. The van der Waals surface area contributed by atoms with Gasteiger partial charge in [-0.2, -0.15) is 0 Å². The van der Waals surface area contributed by atoms with E-state index in [1.165, 1.54) is 51.4 Å². The van der Waals surface area contributed by atoms with Crippen LogP contribution in [-0.2, 0) is 4.74 Å². The lowest BCUT2D eigenvalue weighted by molar-refractivity contribution is -0.0807. The first-order valence-corrected chi connectivity index (χ1v) is 8.84. The molecule has 7 atom stereocenters. The summed E-state index contributed by atoms with van der Waals surface area (Å²) in [4.78, 5) is 0. The molecule has 0 aromatic heterocycles. The van der Waals surface area contributed by atoms with Crippen LogP contribution >= 0.6 is 0 Å². The largest absolute Gasteiger partial charge is 0.374 e. The summed E-state index contributed by atoms with van der Waals surface area (Å²) in [6.07, 6.45) is 11.6. The van der Waals surface area contributed by atoms with Gasteiger partial charge in [0.2, 0.25) is 0 Å².